The zero-order valence-electron chi connectivity index (χ0n) is 15.7. The zero-order valence-corrected chi connectivity index (χ0v) is 16.5. The largest absolute Gasteiger partial charge is 0.416 e. The van der Waals surface area contributed by atoms with E-state index >= 15 is 0 Å². The first-order valence-electron chi connectivity index (χ1n) is 8.73. The smallest absolute Gasteiger partial charge is 0.322 e. The van der Waals surface area contributed by atoms with E-state index in [0.717, 1.165) is 24.3 Å². The lowest BCUT2D eigenvalue weighted by molar-refractivity contribution is -0.137. The lowest BCUT2D eigenvalue weighted by Crippen LogP contribution is -2.16. The first-order chi connectivity index (χ1) is 14.1. The van der Waals surface area contributed by atoms with Crippen molar-refractivity contribution in [3.63, 3.8) is 0 Å². The van der Waals surface area contributed by atoms with Gasteiger partial charge in [0.05, 0.1) is 16.1 Å². The quantitative estimate of drug-likeness (QED) is 0.589. The van der Waals surface area contributed by atoms with Crippen LogP contribution in [0.1, 0.15) is 21.5 Å². The molecule has 0 spiro atoms. The molecule has 0 aliphatic carbocycles. The SMILES string of the molecule is Cc1ccc(C(=O)Nc2ccc(C(F)(F)F)cc2)cc1NS(=O)(=O)c1ccccc1. The lowest BCUT2D eigenvalue weighted by Gasteiger charge is -2.13. The molecule has 0 aliphatic heterocycles. The van der Waals surface area contributed by atoms with Gasteiger partial charge in [0.1, 0.15) is 0 Å². The molecule has 3 aromatic rings. The van der Waals surface area contributed by atoms with Crippen molar-refractivity contribution in [3.8, 4) is 0 Å². The van der Waals surface area contributed by atoms with Crippen molar-refractivity contribution in [2.45, 2.75) is 18.0 Å². The monoisotopic (exact) mass is 434 g/mol. The minimum atomic E-state index is -4.47. The van der Waals surface area contributed by atoms with Crippen molar-refractivity contribution in [2.75, 3.05) is 10.0 Å². The molecule has 0 aromatic heterocycles. The van der Waals surface area contributed by atoms with Gasteiger partial charge in [-0.2, -0.15) is 13.2 Å². The van der Waals surface area contributed by atoms with Crippen molar-refractivity contribution in [2.24, 2.45) is 0 Å². The predicted octanol–water partition coefficient (Wildman–Crippen LogP) is 5.07. The number of anilines is 2. The molecule has 3 aromatic carbocycles. The van der Waals surface area contributed by atoms with Crippen molar-refractivity contribution < 1.29 is 26.4 Å². The van der Waals surface area contributed by atoms with E-state index in [9.17, 15) is 26.4 Å². The molecule has 0 unspecified atom stereocenters. The topological polar surface area (TPSA) is 75.3 Å². The second-order valence-corrected chi connectivity index (χ2v) is 8.16. The fourth-order valence-corrected chi connectivity index (χ4v) is 3.77. The zero-order chi connectivity index (χ0) is 21.9. The number of hydrogen-bond acceptors (Lipinski definition) is 3. The molecule has 0 aliphatic rings. The molecule has 0 atom stereocenters. The lowest BCUT2D eigenvalue weighted by atomic mass is 10.1. The Morgan fingerprint density at radius 2 is 1.53 bits per heavy atom. The number of benzene rings is 3. The molecule has 0 radical (unpaired) electrons. The average Bonchev–Trinajstić information content (AvgIpc) is 2.70. The van der Waals surface area contributed by atoms with Crippen molar-refractivity contribution in [1.82, 2.24) is 0 Å². The van der Waals surface area contributed by atoms with Crippen molar-refractivity contribution >= 4 is 27.3 Å². The van der Waals surface area contributed by atoms with Crippen LogP contribution in [0, 0.1) is 6.92 Å². The van der Waals surface area contributed by atoms with Crippen molar-refractivity contribution in [3.05, 3.63) is 89.5 Å². The summed E-state index contributed by atoms with van der Waals surface area (Å²) in [6.07, 6.45) is -4.47. The second-order valence-electron chi connectivity index (χ2n) is 6.48. The molecule has 9 heteroatoms. The van der Waals surface area contributed by atoms with Gasteiger partial charge in [-0.3, -0.25) is 9.52 Å². The Morgan fingerprint density at radius 1 is 0.900 bits per heavy atom. The Hall–Kier alpha value is -3.33. The molecule has 30 heavy (non-hydrogen) atoms. The number of sulfonamides is 1. The van der Waals surface area contributed by atoms with E-state index in [-0.39, 0.29) is 21.8 Å². The highest BCUT2D eigenvalue weighted by Crippen LogP contribution is 2.30. The third-order valence-corrected chi connectivity index (χ3v) is 5.65. The Balaban J connectivity index is 1.80. The summed E-state index contributed by atoms with van der Waals surface area (Å²) in [5.41, 5.74) is 0.319. The number of carbonyl (C=O) groups excluding carboxylic acids is 1. The van der Waals surface area contributed by atoms with Crippen LogP contribution in [0.3, 0.4) is 0 Å². The number of aryl methyl sites for hydroxylation is 1. The Morgan fingerprint density at radius 3 is 2.13 bits per heavy atom. The van der Waals surface area contributed by atoms with E-state index in [1.54, 1.807) is 31.2 Å². The van der Waals surface area contributed by atoms with Crippen LogP contribution < -0.4 is 10.0 Å². The van der Waals surface area contributed by atoms with Crippen LogP contribution in [0.15, 0.2) is 77.7 Å². The normalized spacial score (nSPS) is 11.7. The van der Waals surface area contributed by atoms with Gasteiger partial charge in [0, 0.05) is 11.3 Å². The molecule has 5 nitrogen and oxygen atoms in total. The predicted molar refractivity (Wildman–Crippen MR) is 108 cm³/mol. The summed E-state index contributed by atoms with van der Waals surface area (Å²) in [7, 11) is -3.84. The standard InChI is InChI=1S/C21H17F3N2O3S/c1-14-7-8-15(13-19(14)26-30(28,29)18-5-3-2-4-6-18)20(27)25-17-11-9-16(10-12-17)21(22,23)24/h2-13,26H,1H3,(H,25,27). The molecule has 0 bridgehead atoms. The van der Waals surface area contributed by atoms with Gasteiger partial charge in [0.25, 0.3) is 15.9 Å². The summed E-state index contributed by atoms with van der Waals surface area (Å²) in [4.78, 5) is 12.6. The Labute approximate surface area is 171 Å². The highest BCUT2D eigenvalue weighted by molar-refractivity contribution is 7.92. The van der Waals surface area contributed by atoms with Crippen LogP contribution in [-0.2, 0) is 16.2 Å². The number of halogens is 3. The van der Waals surface area contributed by atoms with Gasteiger partial charge in [-0.05, 0) is 61.0 Å². The molecular formula is C21H17F3N2O3S. The fraction of sp³-hybridized carbons (Fsp3) is 0.0952. The Bertz CT molecular complexity index is 1160. The molecule has 1 amide bonds. The maximum atomic E-state index is 12.6. The summed E-state index contributed by atoms with van der Waals surface area (Å²) in [5.74, 6) is -0.588. The third-order valence-electron chi connectivity index (χ3n) is 4.27. The van der Waals surface area contributed by atoms with Crippen LogP contribution in [-0.4, -0.2) is 14.3 Å². The molecule has 3 rings (SSSR count). The van der Waals surface area contributed by atoms with Crippen molar-refractivity contribution in [1.29, 1.82) is 0 Å². The van der Waals surface area contributed by atoms with Crippen LogP contribution in [0.25, 0.3) is 0 Å². The van der Waals surface area contributed by atoms with Gasteiger partial charge in [-0.1, -0.05) is 24.3 Å². The van der Waals surface area contributed by atoms with Crippen LogP contribution in [0.4, 0.5) is 24.5 Å². The summed E-state index contributed by atoms with van der Waals surface area (Å²) in [6.45, 7) is 1.68. The minimum Gasteiger partial charge on any atom is -0.322 e. The van der Waals surface area contributed by atoms with E-state index in [4.69, 9.17) is 0 Å². The second kappa shape index (κ2) is 8.19. The van der Waals surface area contributed by atoms with E-state index in [1.807, 2.05) is 0 Å². The van der Waals surface area contributed by atoms with Gasteiger partial charge in [0.2, 0.25) is 0 Å². The van der Waals surface area contributed by atoms with Crippen LogP contribution in [0.5, 0.6) is 0 Å². The maximum Gasteiger partial charge on any atom is 0.416 e. The van der Waals surface area contributed by atoms with Gasteiger partial charge in [-0.25, -0.2) is 8.42 Å². The highest BCUT2D eigenvalue weighted by Gasteiger charge is 2.30. The number of carbonyl (C=O) groups is 1. The van der Waals surface area contributed by atoms with E-state index < -0.39 is 27.7 Å². The summed E-state index contributed by atoms with van der Waals surface area (Å²) >= 11 is 0. The first-order valence-corrected chi connectivity index (χ1v) is 10.2. The van der Waals surface area contributed by atoms with Gasteiger partial charge >= 0.3 is 6.18 Å². The summed E-state index contributed by atoms with van der Waals surface area (Å²) in [5, 5.41) is 2.49. The Kier molecular flexibility index (Phi) is 5.84. The average molecular weight is 434 g/mol. The van der Waals surface area contributed by atoms with Gasteiger partial charge < -0.3 is 5.32 Å². The summed E-state index contributed by atoms with van der Waals surface area (Å²) < 4.78 is 65.5. The minimum absolute atomic E-state index is 0.0732. The van der Waals surface area contributed by atoms with Crippen LogP contribution in [0.2, 0.25) is 0 Å². The van der Waals surface area contributed by atoms with Gasteiger partial charge in [0.15, 0.2) is 0 Å². The molecule has 0 heterocycles. The number of nitrogens with one attached hydrogen (secondary N) is 2. The molecule has 0 saturated carbocycles. The maximum absolute atomic E-state index is 12.6. The molecule has 0 saturated heterocycles. The van der Waals surface area contributed by atoms with E-state index in [0.29, 0.717) is 5.56 Å². The molecule has 0 fully saturated rings. The number of amides is 1. The highest BCUT2D eigenvalue weighted by atomic mass is 32.2. The van der Waals surface area contributed by atoms with Gasteiger partial charge in [-0.15, -0.1) is 0 Å². The third kappa shape index (κ3) is 4.98. The molecule has 156 valence electrons. The number of hydrogen-bond donors (Lipinski definition) is 2. The first kappa shape index (κ1) is 21.4. The summed E-state index contributed by atoms with van der Waals surface area (Å²) in [6, 6.07) is 16.2. The van der Waals surface area contributed by atoms with E-state index in [1.165, 1.54) is 24.3 Å². The fourth-order valence-electron chi connectivity index (χ4n) is 2.62. The van der Waals surface area contributed by atoms with E-state index in [2.05, 4.69) is 10.0 Å². The number of alkyl halides is 3. The van der Waals surface area contributed by atoms with Crippen LogP contribution >= 0.6 is 0 Å². The molecule has 2 N–H and O–H groups in total. The number of rotatable bonds is 5. The molecular weight excluding hydrogens is 417 g/mol.